The average molecular weight is 625 g/mol. The van der Waals surface area contributed by atoms with Gasteiger partial charge in [0.15, 0.2) is 0 Å². The first kappa shape index (κ1) is 33.4. The molecule has 0 amide bonds. The number of rotatable bonds is 10. The Balaban J connectivity index is 1.58. The van der Waals surface area contributed by atoms with Crippen LogP contribution in [0.25, 0.3) is 22.3 Å². The van der Waals surface area contributed by atoms with Crippen molar-refractivity contribution in [2.75, 3.05) is 0 Å². The lowest BCUT2D eigenvalue weighted by Gasteiger charge is -2.34. The smallest absolute Gasteiger partial charge is 0.373 e. The predicted molar refractivity (Wildman–Crippen MR) is 192 cm³/mol. The summed E-state index contributed by atoms with van der Waals surface area (Å²) in [5.74, 6) is -0.854. The Kier molecular flexibility index (Phi) is 9.55. The molecule has 1 atom stereocenters. The van der Waals surface area contributed by atoms with Crippen LogP contribution >= 0.6 is 0 Å². The van der Waals surface area contributed by atoms with E-state index in [9.17, 15) is 9.90 Å². The van der Waals surface area contributed by atoms with E-state index in [1.54, 1.807) is 30.3 Å². The topological polar surface area (TPSA) is 55.8 Å². The summed E-state index contributed by atoms with van der Waals surface area (Å²) in [6.07, 6.45) is 0.0450. The quantitative estimate of drug-likeness (QED) is 0.124. The molecule has 1 unspecified atom stereocenters. The molecule has 0 aliphatic rings. The molecule has 0 aromatic heterocycles. The van der Waals surface area contributed by atoms with E-state index in [0.29, 0.717) is 5.75 Å². The minimum absolute atomic E-state index is 0.0204. The molecule has 4 heteroatoms. The molecule has 5 aromatic rings. The lowest BCUT2D eigenvalue weighted by Crippen LogP contribution is -2.40. The maximum atomic E-state index is 12.6. The second-order valence-electron chi connectivity index (χ2n) is 14.0. The predicted octanol–water partition coefficient (Wildman–Crippen LogP) is 10.6. The highest BCUT2D eigenvalue weighted by molar-refractivity contribution is 5.72. The summed E-state index contributed by atoms with van der Waals surface area (Å²) in [7, 11) is 0. The molecule has 0 bridgehead atoms. The minimum Gasteiger partial charge on any atom is -0.477 e. The molecule has 0 radical (unpaired) electrons. The van der Waals surface area contributed by atoms with Gasteiger partial charge in [-0.25, -0.2) is 4.79 Å². The van der Waals surface area contributed by atoms with Crippen molar-refractivity contribution in [2.45, 2.75) is 64.3 Å². The number of aliphatic carboxylic acids is 1. The summed E-state index contributed by atoms with van der Waals surface area (Å²) in [5, 5.41) is 10.3. The third-order valence-corrected chi connectivity index (χ3v) is 8.52. The Labute approximate surface area is 279 Å². The third kappa shape index (κ3) is 7.56. The van der Waals surface area contributed by atoms with E-state index >= 15 is 0 Å². The lowest BCUT2D eigenvalue weighted by molar-refractivity contribution is -0.187. The molecule has 240 valence electrons. The van der Waals surface area contributed by atoms with E-state index in [-0.39, 0.29) is 10.8 Å². The molecule has 0 fully saturated rings. The van der Waals surface area contributed by atoms with Crippen molar-refractivity contribution in [3.8, 4) is 28.0 Å². The van der Waals surface area contributed by atoms with Crippen LogP contribution in [0.15, 0.2) is 140 Å². The van der Waals surface area contributed by atoms with Gasteiger partial charge in [0.2, 0.25) is 0 Å². The number of carboxylic acid groups (broad SMARTS) is 1. The molecular weight excluding hydrogens is 580 g/mol. The third-order valence-electron chi connectivity index (χ3n) is 8.52. The van der Waals surface area contributed by atoms with Gasteiger partial charge < -0.3 is 14.6 Å². The van der Waals surface area contributed by atoms with Gasteiger partial charge in [-0.3, -0.25) is 0 Å². The summed E-state index contributed by atoms with van der Waals surface area (Å²) < 4.78 is 12.4. The van der Waals surface area contributed by atoms with Crippen LogP contribution in [-0.2, 0) is 26.0 Å². The van der Waals surface area contributed by atoms with Gasteiger partial charge in [-0.1, -0.05) is 169 Å². The van der Waals surface area contributed by atoms with Gasteiger partial charge in [0.1, 0.15) is 11.4 Å². The van der Waals surface area contributed by atoms with E-state index in [1.807, 2.05) is 54.6 Å². The highest BCUT2D eigenvalue weighted by Gasteiger charge is 2.39. The summed E-state index contributed by atoms with van der Waals surface area (Å²) in [6.45, 7) is 17.4. The lowest BCUT2D eigenvalue weighted by atomic mass is 9.83. The Bertz CT molecular complexity index is 1720. The van der Waals surface area contributed by atoms with Crippen LogP contribution < -0.4 is 4.74 Å². The first-order chi connectivity index (χ1) is 22.3. The van der Waals surface area contributed by atoms with Gasteiger partial charge in [0.05, 0.1) is 0 Å². The van der Waals surface area contributed by atoms with Gasteiger partial charge >= 0.3 is 12.3 Å². The largest absolute Gasteiger partial charge is 0.477 e. The van der Waals surface area contributed by atoms with E-state index in [1.165, 1.54) is 11.1 Å². The summed E-state index contributed by atoms with van der Waals surface area (Å²) in [4.78, 5) is 12.6. The van der Waals surface area contributed by atoms with Crippen LogP contribution in [0.1, 0.15) is 63.8 Å². The first-order valence-electron chi connectivity index (χ1n) is 16.0. The first-order valence-corrected chi connectivity index (χ1v) is 16.0. The van der Waals surface area contributed by atoms with Crippen LogP contribution in [0, 0.1) is 0 Å². The number of carboxylic acids is 1. The Morgan fingerprint density at radius 1 is 0.596 bits per heavy atom. The minimum atomic E-state index is -1.61. The second kappa shape index (κ2) is 13.4. The van der Waals surface area contributed by atoms with Gasteiger partial charge in [0.25, 0.3) is 0 Å². The van der Waals surface area contributed by atoms with E-state index in [0.717, 1.165) is 33.4 Å². The number of hydrogen-bond donors (Lipinski definition) is 1. The van der Waals surface area contributed by atoms with Crippen molar-refractivity contribution >= 4 is 5.97 Å². The van der Waals surface area contributed by atoms with Gasteiger partial charge in [0, 0.05) is 0 Å². The Morgan fingerprint density at radius 2 is 1.04 bits per heavy atom. The summed E-state index contributed by atoms with van der Waals surface area (Å²) in [5.41, 5.74) is 6.95. The van der Waals surface area contributed by atoms with Gasteiger partial charge in [-0.05, 0) is 67.5 Å². The summed E-state index contributed by atoms with van der Waals surface area (Å²) in [6, 6.07) is 42.0. The van der Waals surface area contributed by atoms with Crippen LogP contribution in [-0.4, -0.2) is 17.4 Å². The van der Waals surface area contributed by atoms with Crippen LogP contribution in [0.5, 0.6) is 5.75 Å². The van der Waals surface area contributed by atoms with Crippen molar-refractivity contribution < 1.29 is 19.4 Å². The molecule has 5 aromatic carbocycles. The number of carbonyl (C=O) groups is 1. The molecule has 0 saturated carbocycles. The summed E-state index contributed by atoms with van der Waals surface area (Å²) >= 11 is 0. The highest BCUT2D eigenvalue weighted by atomic mass is 16.7. The second-order valence-corrected chi connectivity index (χ2v) is 14.0. The number of hydrogen-bond acceptors (Lipinski definition) is 3. The van der Waals surface area contributed by atoms with E-state index < -0.39 is 17.9 Å². The molecule has 0 heterocycles. The Hall–Kier alpha value is -4.93. The normalized spacial score (nSPS) is 12.7. The molecule has 1 N–H and O–H groups in total. The number of para-hydroxylation sites is 1. The van der Waals surface area contributed by atoms with Gasteiger partial charge in [-0.2, -0.15) is 0 Å². The number of ether oxygens (including phenoxy) is 2. The van der Waals surface area contributed by atoms with E-state index in [2.05, 4.69) is 96.7 Å². The van der Waals surface area contributed by atoms with Crippen LogP contribution in [0.4, 0.5) is 0 Å². The zero-order chi connectivity index (χ0) is 33.8. The Morgan fingerprint density at radius 3 is 1.43 bits per heavy atom. The highest BCUT2D eigenvalue weighted by Crippen LogP contribution is 2.39. The van der Waals surface area contributed by atoms with Crippen molar-refractivity contribution in [1.82, 2.24) is 0 Å². The molecule has 4 nitrogen and oxygen atoms in total. The van der Waals surface area contributed by atoms with Crippen molar-refractivity contribution in [3.63, 3.8) is 0 Å². The number of benzene rings is 5. The molecule has 0 aliphatic carbocycles. The molecular formula is C43H44O4. The fourth-order valence-electron chi connectivity index (χ4n) is 5.65. The fourth-order valence-corrected chi connectivity index (χ4v) is 5.65. The van der Waals surface area contributed by atoms with Crippen LogP contribution in [0.2, 0.25) is 0 Å². The van der Waals surface area contributed by atoms with Crippen molar-refractivity contribution in [3.05, 3.63) is 162 Å². The van der Waals surface area contributed by atoms with E-state index in [4.69, 9.17) is 9.47 Å². The standard InChI is InChI=1S/C43H44O4/c1-8-43(47-40(39(44)45)46-38-18-10-9-11-19-38,34-24-20-30(21-25-34)32-14-12-16-36(28-32)41(2,3)4)35-26-22-31(23-27-35)33-15-13-17-37(29-33)42(5,6)7/h8-29,40H,1H2,2-7H3,(H,44,45). The zero-order valence-corrected chi connectivity index (χ0v) is 28.2. The SMILES string of the molecule is C=CC(OC(Oc1ccccc1)C(=O)O)(c1ccc(-c2cccc(C(C)(C)C)c2)cc1)c1ccc(-c2cccc(C(C)(C)C)c2)cc1. The fraction of sp³-hybridized carbons (Fsp3) is 0.233. The van der Waals surface area contributed by atoms with Gasteiger partial charge in [-0.15, -0.1) is 0 Å². The molecule has 5 rings (SSSR count). The van der Waals surface area contributed by atoms with Crippen LogP contribution in [0.3, 0.4) is 0 Å². The molecule has 0 saturated heterocycles. The van der Waals surface area contributed by atoms with Crippen molar-refractivity contribution in [1.29, 1.82) is 0 Å². The molecule has 47 heavy (non-hydrogen) atoms. The maximum Gasteiger partial charge on any atom is 0.373 e. The maximum absolute atomic E-state index is 12.6. The molecule has 0 spiro atoms. The van der Waals surface area contributed by atoms with Crippen molar-refractivity contribution in [2.24, 2.45) is 0 Å². The zero-order valence-electron chi connectivity index (χ0n) is 28.2. The molecule has 0 aliphatic heterocycles. The average Bonchev–Trinajstić information content (AvgIpc) is 3.07. The monoisotopic (exact) mass is 624 g/mol.